The molecule has 2 N–H and O–H groups in total. The number of rotatable bonds is 1. The fourth-order valence-corrected chi connectivity index (χ4v) is 3.98. The van der Waals surface area contributed by atoms with Crippen LogP contribution in [0.5, 0.6) is 0 Å². The van der Waals surface area contributed by atoms with Gasteiger partial charge in [0.05, 0.1) is 11.0 Å². The molecule has 0 bridgehead atoms. The lowest BCUT2D eigenvalue weighted by molar-refractivity contribution is 1.01. The molecule has 1 aliphatic heterocycles. The minimum atomic E-state index is 0.0604. The van der Waals surface area contributed by atoms with Gasteiger partial charge in [0.2, 0.25) is 0 Å². The second-order valence-corrected chi connectivity index (χ2v) is 6.05. The maximum Gasteiger partial charge on any atom is 0.261 e. The Labute approximate surface area is 119 Å². The van der Waals surface area contributed by atoms with Gasteiger partial charge in [0.1, 0.15) is 5.65 Å². The van der Waals surface area contributed by atoms with Gasteiger partial charge in [-0.3, -0.25) is 9.20 Å². The predicted molar refractivity (Wildman–Crippen MR) is 83.3 cm³/mol. The Morgan fingerprint density at radius 3 is 3.00 bits per heavy atom. The molecule has 0 amide bonds. The standard InChI is InChI=1S/C15H13N3OS/c16-7-10-9-5-6-20-8-11(9)15(19)18-13-4-2-1-3-12(13)17-14(10)18/h1-4,7,16-17H,5-6,8H2. The number of imidazole rings is 1. The zero-order valence-electron chi connectivity index (χ0n) is 10.8. The molecule has 1 aliphatic rings. The van der Waals surface area contributed by atoms with Gasteiger partial charge in [-0.25, -0.2) is 0 Å². The molecule has 1 aromatic carbocycles. The molecule has 0 atom stereocenters. The lowest BCUT2D eigenvalue weighted by Gasteiger charge is -2.17. The van der Waals surface area contributed by atoms with Crippen LogP contribution in [0.15, 0.2) is 29.1 Å². The molecule has 0 radical (unpaired) electrons. The van der Waals surface area contributed by atoms with E-state index in [1.807, 2.05) is 24.3 Å². The smallest absolute Gasteiger partial charge is 0.261 e. The molecule has 0 saturated heterocycles. The Balaban J connectivity index is 2.29. The van der Waals surface area contributed by atoms with Gasteiger partial charge in [-0.05, 0) is 29.9 Å². The first kappa shape index (κ1) is 11.8. The summed E-state index contributed by atoms with van der Waals surface area (Å²) in [6.07, 6.45) is 2.24. The second kappa shape index (κ2) is 4.24. The highest BCUT2D eigenvalue weighted by atomic mass is 32.2. The summed E-state index contributed by atoms with van der Waals surface area (Å²) >= 11 is 1.79. The lowest BCUT2D eigenvalue weighted by atomic mass is 10.0. The summed E-state index contributed by atoms with van der Waals surface area (Å²) < 4.78 is 1.72. The normalized spacial score (nSPS) is 14.6. The number of thioether (sulfide) groups is 1. The largest absolute Gasteiger partial charge is 0.339 e. The highest BCUT2D eigenvalue weighted by Crippen LogP contribution is 2.27. The first-order chi connectivity index (χ1) is 9.81. The Hall–Kier alpha value is -2.01. The maximum atomic E-state index is 12.8. The average Bonchev–Trinajstić information content (AvgIpc) is 2.87. The number of pyridine rings is 1. The number of benzene rings is 1. The Morgan fingerprint density at radius 1 is 1.30 bits per heavy atom. The quantitative estimate of drug-likeness (QED) is 0.674. The van der Waals surface area contributed by atoms with Crippen molar-refractivity contribution in [2.24, 2.45) is 0 Å². The summed E-state index contributed by atoms with van der Waals surface area (Å²) in [5, 5.41) is 7.74. The molecule has 2 aromatic heterocycles. The minimum absolute atomic E-state index is 0.0604. The van der Waals surface area contributed by atoms with Crippen molar-refractivity contribution in [3.05, 3.63) is 51.3 Å². The summed E-state index contributed by atoms with van der Waals surface area (Å²) in [6.45, 7) is 0. The van der Waals surface area contributed by atoms with Gasteiger partial charge in [-0.1, -0.05) is 12.1 Å². The third-order valence-electron chi connectivity index (χ3n) is 3.91. The van der Waals surface area contributed by atoms with Crippen molar-refractivity contribution < 1.29 is 0 Å². The van der Waals surface area contributed by atoms with Gasteiger partial charge in [-0.2, -0.15) is 11.8 Å². The van der Waals surface area contributed by atoms with Crippen molar-refractivity contribution in [2.45, 2.75) is 12.2 Å². The topological polar surface area (TPSA) is 61.1 Å². The molecule has 3 heterocycles. The van der Waals surface area contributed by atoms with Crippen LogP contribution in [0.25, 0.3) is 16.7 Å². The zero-order chi connectivity index (χ0) is 13.7. The zero-order valence-corrected chi connectivity index (χ0v) is 11.6. The third-order valence-corrected chi connectivity index (χ3v) is 4.90. The van der Waals surface area contributed by atoms with Gasteiger partial charge in [0, 0.05) is 23.1 Å². The van der Waals surface area contributed by atoms with Crippen molar-refractivity contribution in [3.8, 4) is 0 Å². The predicted octanol–water partition coefficient (Wildman–Crippen LogP) is 2.57. The van der Waals surface area contributed by atoms with Crippen LogP contribution in [0, 0.1) is 5.41 Å². The molecule has 4 rings (SSSR count). The molecule has 20 heavy (non-hydrogen) atoms. The van der Waals surface area contributed by atoms with Crippen molar-refractivity contribution in [2.75, 3.05) is 5.75 Å². The number of fused-ring (bicyclic) bond motifs is 4. The summed E-state index contributed by atoms with van der Waals surface area (Å²) in [6, 6.07) is 7.78. The molecule has 3 aromatic rings. The monoisotopic (exact) mass is 283 g/mol. The fraction of sp³-hybridized carbons (Fsp3) is 0.200. The van der Waals surface area contributed by atoms with E-state index in [4.69, 9.17) is 5.41 Å². The summed E-state index contributed by atoms with van der Waals surface area (Å²) in [5.41, 5.74) is 5.40. The van der Waals surface area contributed by atoms with Gasteiger partial charge in [0.15, 0.2) is 0 Å². The fourth-order valence-electron chi connectivity index (χ4n) is 2.98. The number of hydrogen-bond donors (Lipinski definition) is 2. The van der Waals surface area contributed by atoms with Crippen molar-refractivity contribution in [3.63, 3.8) is 0 Å². The van der Waals surface area contributed by atoms with Crippen LogP contribution in [0.3, 0.4) is 0 Å². The number of hydrogen-bond acceptors (Lipinski definition) is 3. The maximum absolute atomic E-state index is 12.8. The average molecular weight is 283 g/mol. The third kappa shape index (κ3) is 1.44. The molecule has 5 heteroatoms. The van der Waals surface area contributed by atoms with Gasteiger partial charge >= 0.3 is 0 Å². The summed E-state index contributed by atoms with van der Waals surface area (Å²) in [7, 11) is 0. The van der Waals surface area contributed by atoms with Crippen molar-refractivity contribution in [1.82, 2.24) is 9.38 Å². The van der Waals surface area contributed by atoms with Crippen molar-refractivity contribution in [1.29, 1.82) is 5.41 Å². The lowest BCUT2D eigenvalue weighted by Crippen LogP contribution is -2.24. The molecule has 100 valence electrons. The Bertz CT molecular complexity index is 907. The van der Waals surface area contributed by atoms with E-state index in [-0.39, 0.29) is 5.56 Å². The van der Waals surface area contributed by atoms with E-state index in [9.17, 15) is 4.79 Å². The van der Waals surface area contributed by atoms with E-state index in [0.717, 1.165) is 51.3 Å². The molecular formula is C15H13N3OS. The highest BCUT2D eigenvalue weighted by molar-refractivity contribution is 7.98. The molecule has 0 aliphatic carbocycles. The van der Waals surface area contributed by atoms with Crippen molar-refractivity contribution >= 4 is 34.7 Å². The van der Waals surface area contributed by atoms with Crippen LogP contribution in [-0.4, -0.2) is 21.4 Å². The van der Waals surface area contributed by atoms with E-state index in [2.05, 4.69) is 4.98 Å². The van der Waals surface area contributed by atoms with Crippen LogP contribution in [0.1, 0.15) is 16.7 Å². The molecular weight excluding hydrogens is 270 g/mol. The van der Waals surface area contributed by atoms with E-state index >= 15 is 0 Å². The van der Waals surface area contributed by atoms with Crippen LogP contribution in [0.4, 0.5) is 0 Å². The number of H-pyrrole nitrogens is 1. The SMILES string of the molecule is N=Cc1c2c(c(=O)n3c1[nH]c1ccccc13)CSCC2. The van der Waals surface area contributed by atoms with Crippen LogP contribution in [-0.2, 0) is 12.2 Å². The van der Waals surface area contributed by atoms with Crippen LogP contribution >= 0.6 is 11.8 Å². The van der Waals surface area contributed by atoms with E-state index < -0.39 is 0 Å². The molecule has 0 fully saturated rings. The first-order valence-corrected chi connectivity index (χ1v) is 7.72. The van der Waals surface area contributed by atoms with Gasteiger partial charge in [0.25, 0.3) is 5.56 Å². The number of aromatic nitrogens is 2. The van der Waals surface area contributed by atoms with E-state index in [1.54, 1.807) is 16.2 Å². The van der Waals surface area contributed by atoms with Gasteiger partial charge in [-0.15, -0.1) is 0 Å². The number of nitrogens with one attached hydrogen (secondary N) is 2. The van der Waals surface area contributed by atoms with E-state index in [0.29, 0.717) is 0 Å². The Morgan fingerprint density at radius 2 is 2.15 bits per heavy atom. The Kier molecular flexibility index (Phi) is 2.50. The summed E-state index contributed by atoms with van der Waals surface area (Å²) in [5.74, 6) is 1.77. The molecule has 0 unspecified atom stereocenters. The molecule has 0 spiro atoms. The van der Waals surface area contributed by atoms with Crippen LogP contribution in [0.2, 0.25) is 0 Å². The summed E-state index contributed by atoms with van der Waals surface area (Å²) in [4.78, 5) is 16.1. The second-order valence-electron chi connectivity index (χ2n) is 4.95. The first-order valence-electron chi connectivity index (χ1n) is 6.56. The number of para-hydroxylation sites is 2. The molecule has 4 nitrogen and oxygen atoms in total. The number of nitrogens with zero attached hydrogens (tertiary/aromatic N) is 1. The van der Waals surface area contributed by atoms with E-state index in [1.165, 1.54) is 6.21 Å². The minimum Gasteiger partial charge on any atom is -0.339 e. The van der Waals surface area contributed by atoms with Gasteiger partial charge < -0.3 is 10.4 Å². The highest BCUT2D eigenvalue weighted by Gasteiger charge is 2.21. The number of aromatic amines is 1. The van der Waals surface area contributed by atoms with Crippen LogP contribution < -0.4 is 5.56 Å². The molecule has 0 saturated carbocycles.